The molecule has 1 aromatic heterocycles. The summed E-state index contributed by atoms with van der Waals surface area (Å²) >= 11 is 0. The molecule has 2 fully saturated rings. The highest BCUT2D eigenvalue weighted by Gasteiger charge is 2.35. The van der Waals surface area contributed by atoms with Crippen LogP contribution in [0.1, 0.15) is 12.8 Å². The molecule has 20 heavy (non-hydrogen) atoms. The van der Waals surface area contributed by atoms with Gasteiger partial charge in [-0.1, -0.05) is 30.3 Å². The summed E-state index contributed by atoms with van der Waals surface area (Å²) < 4.78 is 0. The van der Waals surface area contributed by atoms with Crippen molar-refractivity contribution in [3.8, 4) is 11.4 Å². The number of nitrogens with zero attached hydrogens (tertiary/aromatic N) is 3. The first kappa shape index (κ1) is 11.9. The normalized spacial score (nSPS) is 25.7. The van der Waals surface area contributed by atoms with E-state index in [-0.39, 0.29) is 0 Å². The van der Waals surface area contributed by atoms with Crippen LogP contribution in [0.2, 0.25) is 0 Å². The fourth-order valence-corrected chi connectivity index (χ4v) is 3.33. The fraction of sp³-hybridized carbons (Fsp3) is 0.467. The number of aromatic nitrogens is 3. The number of aromatic amines is 1. The average Bonchev–Trinajstić information content (AvgIpc) is 3.14. The molecule has 2 saturated heterocycles. The Morgan fingerprint density at radius 3 is 2.90 bits per heavy atom. The molecule has 5 heteroatoms. The fourth-order valence-electron chi connectivity index (χ4n) is 3.33. The van der Waals surface area contributed by atoms with Gasteiger partial charge in [0, 0.05) is 24.7 Å². The van der Waals surface area contributed by atoms with Crippen LogP contribution in [0.15, 0.2) is 30.3 Å². The summed E-state index contributed by atoms with van der Waals surface area (Å²) in [5.74, 6) is 2.44. The molecule has 104 valence electrons. The van der Waals surface area contributed by atoms with Crippen LogP contribution in [0.25, 0.3) is 11.4 Å². The van der Waals surface area contributed by atoms with Gasteiger partial charge >= 0.3 is 0 Å². The molecule has 4 rings (SSSR count). The summed E-state index contributed by atoms with van der Waals surface area (Å²) in [4.78, 5) is 6.95. The third-order valence-electron chi connectivity index (χ3n) is 4.40. The first-order valence-corrected chi connectivity index (χ1v) is 7.36. The van der Waals surface area contributed by atoms with Crippen molar-refractivity contribution in [3.05, 3.63) is 30.3 Å². The van der Waals surface area contributed by atoms with Gasteiger partial charge in [-0.25, -0.2) is 0 Å². The molecule has 2 unspecified atom stereocenters. The van der Waals surface area contributed by atoms with Crippen molar-refractivity contribution in [2.45, 2.75) is 18.9 Å². The Hall–Kier alpha value is -1.88. The molecule has 2 aliphatic heterocycles. The number of nitrogens with one attached hydrogen (secondary N) is 2. The monoisotopic (exact) mass is 269 g/mol. The first-order valence-electron chi connectivity index (χ1n) is 7.36. The van der Waals surface area contributed by atoms with Gasteiger partial charge in [0.05, 0.1) is 0 Å². The minimum atomic E-state index is 0.613. The topological polar surface area (TPSA) is 56.8 Å². The Labute approximate surface area is 118 Å². The number of H-pyrrole nitrogens is 1. The molecule has 2 N–H and O–H groups in total. The second kappa shape index (κ2) is 4.90. The lowest BCUT2D eigenvalue weighted by Gasteiger charge is -2.24. The standard InChI is InChI=1S/C15H19N5/c1-2-5-11(6-3-1)14-17-15(19-18-14)20-9-12-7-4-8-16-13(12)10-20/h1-3,5-6,12-13,16H,4,7-10H2,(H,17,18,19). The third-order valence-corrected chi connectivity index (χ3v) is 4.40. The van der Waals surface area contributed by atoms with Gasteiger partial charge in [-0.05, 0) is 25.3 Å². The molecule has 2 aliphatic rings. The van der Waals surface area contributed by atoms with Crippen molar-refractivity contribution in [1.29, 1.82) is 0 Å². The van der Waals surface area contributed by atoms with E-state index in [9.17, 15) is 0 Å². The van der Waals surface area contributed by atoms with Crippen molar-refractivity contribution < 1.29 is 0 Å². The summed E-state index contributed by atoms with van der Waals surface area (Å²) in [6, 6.07) is 10.8. The maximum absolute atomic E-state index is 4.65. The van der Waals surface area contributed by atoms with Gasteiger partial charge in [0.1, 0.15) is 0 Å². The van der Waals surface area contributed by atoms with Crippen LogP contribution in [0.5, 0.6) is 0 Å². The predicted molar refractivity (Wildman–Crippen MR) is 78.5 cm³/mol. The van der Waals surface area contributed by atoms with E-state index in [1.165, 1.54) is 12.8 Å². The van der Waals surface area contributed by atoms with Gasteiger partial charge in [0.2, 0.25) is 5.95 Å². The van der Waals surface area contributed by atoms with Crippen LogP contribution in [-0.4, -0.2) is 40.9 Å². The zero-order valence-electron chi connectivity index (χ0n) is 11.4. The van der Waals surface area contributed by atoms with Crippen molar-refractivity contribution in [3.63, 3.8) is 0 Å². The molecule has 0 spiro atoms. The SMILES string of the molecule is c1ccc(-c2nc(N3CC4CCCNC4C3)n[nH]2)cc1. The van der Waals surface area contributed by atoms with E-state index >= 15 is 0 Å². The number of benzene rings is 1. The Morgan fingerprint density at radius 1 is 1.15 bits per heavy atom. The van der Waals surface area contributed by atoms with E-state index in [0.29, 0.717) is 6.04 Å². The van der Waals surface area contributed by atoms with Gasteiger partial charge in [-0.15, -0.1) is 5.10 Å². The van der Waals surface area contributed by atoms with Crippen LogP contribution in [-0.2, 0) is 0 Å². The van der Waals surface area contributed by atoms with Crippen molar-refractivity contribution >= 4 is 5.95 Å². The third kappa shape index (κ3) is 2.08. The van der Waals surface area contributed by atoms with E-state index in [2.05, 4.69) is 37.5 Å². The zero-order chi connectivity index (χ0) is 13.4. The number of rotatable bonds is 2. The van der Waals surface area contributed by atoms with Crippen molar-refractivity contribution in [1.82, 2.24) is 20.5 Å². The molecule has 2 atom stereocenters. The first-order chi connectivity index (χ1) is 9.90. The molecule has 0 amide bonds. The predicted octanol–water partition coefficient (Wildman–Crippen LogP) is 1.66. The summed E-state index contributed by atoms with van der Waals surface area (Å²) in [7, 11) is 0. The zero-order valence-corrected chi connectivity index (χ0v) is 11.4. The van der Waals surface area contributed by atoms with E-state index < -0.39 is 0 Å². The Bertz CT molecular complexity index is 565. The smallest absolute Gasteiger partial charge is 0.245 e. The van der Waals surface area contributed by atoms with Gasteiger partial charge in [-0.2, -0.15) is 4.98 Å². The average molecular weight is 269 g/mol. The lowest BCUT2D eigenvalue weighted by molar-refractivity contribution is 0.340. The van der Waals surface area contributed by atoms with E-state index in [4.69, 9.17) is 0 Å². The van der Waals surface area contributed by atoms with Gasteiger partial charge in [0.25, 0.3) is 0 Å². The van der Waals surface area contributed by atoms with Crippen LogP contribution < -0.4 is 10.2 Å². The van der Waals surface area contributed by atoms with Gasteiger partial charge in [0.15, 0.2) is 5.82 Å². The van der Waals surface area contributed by atoms with E-state index in [1.807, 2.05) is 18.2 Å². The number of hydrogen-bond donors (Lipinski definition) is 2. The molecular formula is C15H19N5. The molecule has 5 nitrogen and oxygen atoms in total. The maximum Gasteiger partial charge on any atom is 0.245 e. The molecule has 1 aromatic carbocycles. The molecule has 0 aliphatic carbocycles. The largest absolute Gasteiger partial charge is 0.338 e. The number of anilines is 1. The Morgan fingerprint density at radius 2 is 2.05 bits per heavy atom. The minimum Gasteiger partial charge on any atom is -0.338 e. The van der Waals surface area contributed by atoms with Gasteiger partial charge in [-0.3, -0.25) is 5.10 Å². The molecular weight excluding hydrogens is 250 g/mol. The summed E-state index contributed by atoms with van der Waals surface area (Å²) in [5, 5.41) is 11.1. The van der Waals surface area contributed by atoms with Crippen molar-refractivity contribution in [2.24, 2.45) is 5.92 Å². The summed E-state index contributed by atoms with van der Waals surface area (Å²) in [6.45, 7) is 3.25. The lowest BCUT2D eigenvalue weighted by Crippen LogP contribution is -2.40. The summed E-state index contributed by atoms with van der Waals surface area (Å²) in [5.41, 5.74) is 1.08. The lowest BCUT2D eigenvalue weighted by atomic mass is 9.94. The van der Waals surface area contributed by atoms with E-state index in [0.717, 1.165) is 42.9 Å². The van der Waals surface area contributed by atoms with Crippen LogP contribution in [0.4, 0.5) is 5.95 Å². The van der Waals surface area contributed by atoms with Crippen LogP contribution >= 0.6 is 0 Å². The summed E-state index contributed by atoms with van der Waals surface area (Å²) in [6.07, 6.45) is 2.61. The Balaban J connectivity index is 1.54. The molecule has 2 aromatic rings. The Kier molecular flexibility index (Phi) is 2.92. The van der Waals surface area contributed by atoms with Gasteiger partial charge < -0.3 is 10.2 Å². The molecule has 0 saturated carbocycles. The number of hydrogen-bond acceptors (Lipinski definition) is 4. The molecule has 3 heterocycles. The van der Waals surface area contributed by atoms with Crippen molar-refractivity contribution in [2.75, 3.05) is 24.5 Å². The highest BCUT2D eigenvalue weighted by molar-refractivity contribution is 5.56. The molecule has 0 radical (unpaired) electrons. The molecule has 0 bridgehead atoms. The number of fused-ring (bicyclic) bond motifs is 1. The minimum absolute atomic E-state index is 0.613. The highest BCUT2D eigenvalue weighted by Crippen LogP contribution is 2.28. The van der Waals surface area contributed by atoms with Crippen LogP contribution in [0.3, 0.4) is 0 Å². The second-order valence-electron chi connectivity index (χ2n) is 5.72. The maximum atomic E-state index is 4.65. The quantitative estimate of drug-likeness (QED) is 0.870. The number of piperidine rings is 1. The highest BCUT2D eigenvalue weighted by atomic mass is 15.4. The second-order valence-corrected chi connectivity index (χ2v) is 5.72. The van der Waals surface area contributed by atoms with Crippen LogP contribution in [0, 0.1) is 5.92 Å². The van der Waals surface area contributed by atoms with E-state index in [1.54, 1.807) is 0 Å².